The van der Waals surface area contributed by atoms with Crippen molar-refractivity contribution in [3.63, 3.8) is 0 Å². The van der Waals surface area contributed by atoms with Crippen molar-refractivity contribution in [3.8, 4) is 10.6 Å². The average molecular weight is 230 g/mol. The number of pyridine rings is 1. The van der Waals surface area contributed by atoms with Crippen molar-refractivity contribution in [2.24, 2.45) is 0 Å². The lowest BCUT2D eigenvalue weighted by Gasteiger charge is -1.95. The first kappa shape index (κ1) is 9.00. The fraction of sp³-hybridized carbons (Fsp3) is 0. The van der Waals surface area contributed by atoms with Gasteiger partial charge in [0.15, 0.2) is 0 Å². The summed E-state index contributed by atoms with van der Waals surface area (Å²) in [5.41, 5.74) is 0.865. The van der Waals surface area contributed by atoms with E-state index in [0.717, 1.165) is 14.9 Å². The Morgan fingerprint density at radius 1 is 1.08 bits per heavy atom. The second-order valence-corrected chi connectivity index (χ2v) is 4.55. The summed E-state index contributed by atoms with van der Waals surface area (Å²) in [6.45, 7) is 0. The molecular weight excluding hydrogens is 225 g/mol. The van der Waals surface area contributed by atoms with Gasteiger partial charge in [0, 0.05) is 0 Å². The predicted molar refractivity (Wildman–Crippen MR) is 57.6 cm³/mol. The molecule has 4 heteroatoms. The zero-order chi connectivity index (χ0) is 9.26. The van der Waals surface area contributed by atoms with Crippen LogP contribution < -0.4 is 0 Å². The molecule has 2 aromatic rings. The van der Waals surface area contributed by atoms with Crippen LogP contribution in [0, 0.1) is 0 Å². The van der Waals surface area contributed by atoms with Gasteiger partial charge in [0.25, 0.3) is 0 Å². The molecule has 0 bridgehead atoms. The molecule has 0 saturated carbocycles. The fourth-order valence-electron chi connectivity index (χ4n) is 0.997. The third kappa shape index (κ3) is 2.02. The van der Waals surface area contributed by atoms with E-state index in [-0.39, 0.29) is 0 Å². The number of aromatic nitrogens is 1. The number of nitrogens with zero attached hydrogens (tertiary/aromatic N) is 1. The van der Waals surface area contributed by atoms with Gasteiger partial charge in [-0.25, -0.2) is 4.98 Å². The predicted octanol–water partition coefficient (Wildman–Crippen LogP) is 4.12. The molecule has 0 atom stereocenters. The van der Waals surface area contributed by atoms with Crippen LogP contribution in [0.2, 0.25) is 9.49 Å². The fourth-order valence-corrected chi connectivity index (χ4v) is 2.17. The Balaban J connectivity index is 2.46. The molecule has 2 rings (SSSR count). The lowest BCUT2D eigenvalue weighted by molar-refractivity contribution is 1.34. The van der Waals surface area contributed by atoms with Gasteiger partial charge in [-0.05, 0) is 24.3 Å². The molecule has 1 nitrogen and oxygen atoms in total. The Bertz CT molecular complexity index is 425. The van der Waals surface area contributed by atoms with E-state index in [2.05, 4.69) is 4.98 Å². The monoisotopic (exact) mass is 229 g/mol. The van der Waals surface area contributed by atoms with E-state index < -0.39 is 0 Å². The van der Waals surface area contributed by atoms with E-state index in [0.29, 0.717) is 5.15 Å². The van der Waals surface area contributed by atoms with E-state index >= 15 is 0 Å². The van der Waals surface area contributed by atoms with Crippen LogP contribution in [0.15, 0.2) is 30.3 Å². The Morgan fingerprint density at radius 3 is 2.54 bits per heavy atom. The summed E-state index contributed by atoms with van der Waals surface area (Å²) in [7, 11) is 0. The first-order valence-corrected chi connectivity index (χ1v) is 5.21. The van der Waals surface area contributed by atoms with Gasteiger partial charge in [-0.1, -0.05) is 29.3 Å². The van der Waals surface area contributed by atoms with Crippen LogP contribution in [0.25, 0.3) is 10.6 Å². The summed E-state index contributed by atoms with van der Waals surface area (Å²) in [5, 5.41) is 0.502. The molecule has 0 radical (unpaired) electrons. The van der Waals surface area contributed by atoms with Gasteiger partial charge in [0.05, 0.1) is 14.9 Å². The van der Waals surface area contributed by atoms with Crippen LogP contribution >= 0.6 is 34.5 Å². The van der Waals surface area contributed by atoms with Crippen LogP contribution in [0.5, 0.6) is 0 Å². The highest BCUT2D eigenvalue weighted by Crippen LogP contribution is 2.30. The van der Waals surface area contributed by atoms with Gasteiger partial charge in [-0.2, -0.15) is 0 Å². The van der Waals surface area contributed by atoms with E-state index in [1.165, 1.54) is 11.3 Å². The molecule has 0 unspecified atom stereocenters. The summed E-state index contributed by atoms with van der Waals surface area (Å²) in [6.07, 6.45) is 0. The largest absolute Gasteiger partial charge is 0.235 e. The molecule has 0 amide bonds. The van der Waals surface area contributed by atoms with Crippen molar-refractivity contribution in [2.75, 3.05) is 0 Å². The van der Waals surface area contributed by atoms with Crippen LogP contribution in [-0.2, 0) is 0 Å². The molecule has 0 N–H and O–H groups in total. The molecule has 0 aromatic carbocycles. The zero-order valence-corrected chi connectivity index (χ0v) is 8.83. The van der Waals surface area contributed by atoms with Gasteiger partial charge in [-0.3, -0.25) is 0 Å². The van der Waals surface area contributed by atoms with Crippen LogP contribution in [0.3, 0.4) is 0 Å². The van der Waals surface area contributed by atoms with Crippen molar-refractivity contribution in [3.05, 3.63) is 39.8 Å². The minimum atomic E-state index is 0.502. The standard InChI is InChI=1S/C9H5Cl2NS/c10-8-3-1-2-6(12-8)7-4-5-9(11)13-7/h1-5H. The van der Waals surface area contributed by atoms with Crippen molar-refractivity contribution in [1.29, 1.82) is 0 Å². The molecule has 0 fully saturated rings. The summed E-state index contributed by atoms with van der Waals surface area (Å²) in [6, 6.07) is 9.32. The molecular formula is C9H5Cl2NS. The van der Waals surface area contributed by atoms with Gasteiger partial charge in [0.1, 0.15) is 5.15 Å². The average Bonchev–Trinajstić information content (AvgIpc) is 2.52. The molecule has 0 spiro atoms. The highest BCUT2D eigenvalue weighted by Gasteiger charge is 2.02. The summed E-state index contributed by atoms with van der Waals surface area (Å²) >= 11 is 13.1. The highest BCUT2D eigenvalue weighted by molar-refractivity contribution is 7.19. The van der Waals surface area contributed by atoms with Gasteiger partial charge < -0.3 is 0 Å². The van der Waals surface area contributed by atoms with Crippen molar-refractivity contribution < 1.29 is 0 Å². The Labute approximate surface area is 90.0 Å². The maximum absolute atomic E-state index is 5.81. The number of halogens is 2. The molecule has 0 aliphatic heterocycles. The van der Waals surface area contributed by atoms with Crippen molar-refractivity contribution in [1.82, 2.24) is 4.98 Å². The van der Waals surface area contributed by atoms with E-state index in [4.69, 9.17) is 23.2 Å². The molecule has 0 aliphatic carbocycles. The van der Waals surface area contributed by atoms with Crippen LogP contribution in [0.1, 0.15) is 0 Å². The number of hydrogen-bond acceptors (Lipinski definition) is 2. The Morgan fingerprint density at radius 2 is 1.92 bits per heavy atom. The first-order valence-electron chi connectivity index (χ1n) is 3.64. The van der Waals surface area contributed by atoms with E-state index in [1.54, 1.807) is 6.07 Å². The first-order chi connectivity index (χ1) is 6.25. The van der Waals surface area contributed by atoms with Crippen LogP contribution in [0.4, 0.5) is 0 Å². The topological polar surface area (TPSA) is 12.9 Å². The Kier molecular flexibility index (Phi) is 2.54. The molecule has 2 heterocycles. The lowest BCUT2D eigenvalue weighted by atomic mass is 10.3. The quantitative estimate of drug-likeness (QED) is 0.671. The van der Waals surface area contributed by atoms with E-state index in [1.807, 2.05) is 24.3 Å². The second kappa shape index (κ2) is 3.66. The third-order valence-electron chi connectivity index (χ3n) is 1.54. The number of rotatable bonds is 1. The Hall–Kier alpha value is -0.570. The minimum absolute atomic E-state index is 0.502. The maximum atomic E-state index is 5.81. The second-order valence-electron chi connectivity index (χ2n) is 2.45. The number of hydrogen-bond donors (Lipinski definition) is 0. The lowest BCUT2D eigenvalue weighted by Crippen LogP contribution is -1.78. The molecule has 0 saturated heterocycles. The highest BCUT2D eigenvalue weighted by atomic mass is 35.5. The molecule has 0 aliphatic rings. The zero-order valence-electron chi connectivity index (χ0n) is 6.50. The summed E-state index contributed by atoms with van der Waals surface area (Å²) < 4.78 is 0.761. The van der Waals surface area contributed by atoms with Gasteiger partial charge >= 0.3 is 0 Å². The molecule has 13 heavy (non-hydrogen) atoms. The van der Waals surface area contributed by atoms with Crippen molar-refractivity contribution in [2.45, 2.75) is 0 Å². The normalized spacial score (nSPS) is 10.3. The SMILES string of the molecule is Clc1cccc(-c2ccc(Cl)s2)n1. The van der Waals surface area contributed by atoms with E-state index in [9.17, 15) is 0 Å². The maximum Gasteiger partial charge on any atom is 0.129 e. The molecule has 2 aromatic heterocycles. The minimum Gasteiger partial charge on any atom is -0.235 e. The summed E-state index contributed by atoms with van der Waals surface area (Å²) in [4.78, 5) is 5.21. The smallest absolute Gasteiger partial charge is 0.129 e. The van der Waals surface area contributed by atoms with Crippen molar-refractivity contribution >= 4 is 34.5 Å². The third-order valence-corrected chi connectivity index (χ3v) is 3.00. The molecule has 66 valence electrons. The van der Waals surface area contributed by atoms with Gasteiger partial charge in [-0.15, -0.1) is 11.3 Å². The van der Waals surface area contributed by atoms with Gasteiger partial charge in [0.2, 0.25) is 0 Å². The number of thiophene rings is 1. The van der Waals surface area contributed by atoms with Crippen LogP contribution in [-0.4, -0.2) is 4.98 Å². The summed E-state index contributed by atoms with van der Waals surface area (Å²) in [5.74, 6) is 0.